The molecule has 29 heavy (non-hydrogen) atoms. The second-order valence-corrected chi connectivity index (χ2v) is 9.42. The third-order valence-electron chi connectivity index (χ3n) is 7.17. The third kappa shape index (κ3) is 2.15. The van der Waals surface area contributed by atoms with E-state index in [0.717, 1.165) is 5.56 Å². The molecule has 2 atom stereocenters. The molecule has 2 unspecified atom stereocenters. The average molecular weight is 380 g/mol. The minimum Gasteiger partial charge on any atom is -0.384 e. The van der Waals surface area contributed by atoms with E-state index in [4.69, 9.17) is 0 Å². The van der Waals surface area contributed by atoms with Gasteiger partial charge in [0.1, 0.15) is 5.60 Å². The lowest BCUT2D eigenvalue weighted by Crippen LogP contribution is -2.47. The second kappa shape index (κ2) is 5.40. The van der Waals surface area contributed by atoms with Gasteiger partial charge in [0, 0.05) is 11.1 Å². The zero-order valence-electron chi connectivity index (χ0n) is 17.1. The molecule has 0 aromatic heterocycles. The van der Waals surface area contributed by atoms with E-state index in [-0.39, 0.29) is 11.5 Å². The van der Waals surface area contributed by atoms with E-state index in [1.165, 1.54) is 39.1 Å². The largest absolute Gasteiger partial charge is 0.384 e. The van der Waals surface area contributed by atoms with Crippen LogP contribution in [0.25, 0.3) is 17.2 Å². The van der Waals surface area contributed by atoms with Crippen molar-refractivity contribution in [2.45, 2.75) is 37.8 Å². The zero-order valence-corrected chi connectivity index (χ0v) is 17.1. The van der Waals surface area contributed by atoms with Crippen LogP contribution in [-0.2, 0) is 11.0 Å². The van der Waals surface area contributed by atoms with Gasteiger partial charge in [-0.1, -0.05) is 74.5 Å². The van der Waals surface area contributed by atoms with Crippen LogP contribution in [0.15, 0.2) is 66.7 Å². The standard InChI is InChI=1S/C27H25NO/c1-26(2)21-10-6-5-9-18(21)19-14-23-20(15-22(19)26)25-13-12-17-8-4-7-11-24(17)28(25)16-27(23,3)29/h4-15,25,29H,16H2,1-3H3. The van der Waals surface area contributed by atoms with Crippen molar-refractivity contribution in [1.29, 1.82) is 0 Å². The van der Waals surface area contributed by atoms with Crippen LogP contribution in [0.5, 0.6) is 0 Å². The molecule has 2 nitrogen and oxygen atoms in total. The molecule has 2 heteroatoms. The summed E-state index contributed by atoms with van der Waals surface area (Å²) in [6.07, 6.45) is 4.52. The van der Waals surface area contributed by atoms with Crippen molar-refractivity contribution in [1.82, 2.24) is 0 Å². The molecule has 1 aliphatic carbocycles. The van der Waals surface area contributed by atoms with E-state index < -0.39 is 5.60 Å². The van der Waals surface area contributed by atoms with Crippen molar-refractivity contribution >= 4 is 11.8 Å². The van der Waals surface area contributed by atoms with Gasteiger partial charge < -0.3 is 10.0 Å². The Labute approximate surface area is 172 Å². The smallest absolute Gasteiger partial charge is 0.105 e. The molecule has 2 heterocycles. The highest BCUT2D eigenvalue weighted by Gasteiger charge is 2.43. The van der Waals surface area contributed by atoms with Crippen LogP contribution < -0.4 is 4.90 Å². The van der Waals surface area contributed by atoms with Gasteiger partial charge in [-0.15, -0.1) is 0 Å². The molecular weight excluding hydrogens is 354 g/mol. The predicted octanol–water partition coefficient (Wildman–Crippen LogP) is 5.79. The summed E-state index contributed by atoms with van der Waals surface area (Å²) in [4.78, 5) is 2.36. The monoisotopic (exact) mass is 379 g/mol. The van der Waals surface area contributed by atoms with Gasteiger partial charge in [0.15, 0.2) is 0 Å². The number of nitrogens with zero attached hydrogens (tertiary/aromatic N) is 1. The van der Waals surface area contributed by atoms with Crippen molar-refractivity contribution in [3.63, 3.8) is 0 Å². The zero-order chi connectivity index (χ0) is 20.0. The third-order valence-corrected chi connectivity index (χ3v) is 7.17. The van der Waals surface area contributed by atoms with Crippen LogP contribution in [0.4, 0.5) is 5.69 Å². The van der Waals surface area contributed by atoms with Gasteiger partial charge in [-0.05, 0) is 58.0 Å². The summed E-state index contributed by atoms with van der Waals surface area (Å²) in [5, 5.41) is 11.5. The van der Waals surface area contributed by atoms with E-state index in [1.54, 1.807) is 0 Å². The lowest BCUT2D eigenvalue weighted by molar-refractivity contribution is 0.0557. The molecule has 3 aliphatic rings. The summed E-state index contributed by atoms with van der Waals surface area (Å²) in [5.74, 6) is 0. The van der Waals surface area contributed by atoms with Crippen LogP contribution in [0.2, 0.25) is 0 Å². The first-order valence-electron chi connectivity index (χ1n) is 10.4. The number of fused-ring (bicyclic) bond motifs is 8. The molecule has 0 radical (unpaired) electrons. The van der Waals surface area contributed by atoms with Crippen molar-refractivity contribution in [2.75, 3.05) is 11.4 Å². The molecule has 1 N–H and O–H groups in total. The minimum atomic E-state index is -0.902. The first-order chi connectivity index (χ1) is 13.9. The predicted molar refractivity (Wildman–Crippen MR) is 119 cm³/mol. The maximum absolute atomic E-state index is 11.5. The molecule has 2 aliphatic heterocycles. The molecule has 3 aromatic carbocycles. The summed E-state index contributed by atoms with van der Waals surface area (Å²) in [6, 6.07) is 22.0. The van der Waals surface area contributed by atoms with E-state index in [9.17, 15) is 5.11 Å². The van der Waals surface area contributed by atoms with Crippen molar-refractivity contribution in [3.8, 4) is 11.1 Å². The lowest BCUT2D eigenvalue weighted by atomic mass is 9.76. The van der Waals surface area contributed by atoms with Gasteiger partial charge >= 0.3 is 0 Å². The molecule has 6 rings (SSSR count). The van der Waals surface area contributed by atoms with Gasteiger partial charge in [0.25, 0.3) is 0 Å². The van der Waals surface area contributed by atoms with E-state index in [0.29, 0.717) is 6.54 Å². The minimum absolute atomic E-state index is 0.0363. The number of hydrogen-bond acceptors (Lipinski definition) is 2. The van der Waals surface area contributed by atoms with Gasteiger partial charge in [0.2, 0.25) is 0 Å². The highest BCUT2D eigenvalue weighted by atomic mass is 16.3. The summed E-state index contributed by atoms with van der Waals surface area (Å²) in [6.45, 7) is 7.18. The Hall–Kier alpha value is -2.84. The van der Waals surface area contributed by atoms with Crippen LogP contribution in [0.3, 0.4) is 0 Å². The van der Waals surface area contributed by atoms with Gasteiger partial charge in [0.05, 0.1) is 12.6 Å². The van der Waals surface area contributed by atoms with Crippen LogP contribution >= 0.6 is 0 Å². The van der Waals surface area contributed by atoms with Crippen LogP contribution in [0, 0.1) is 0 Å². The van der Waals surface area contributed by atoms with Crippen LogP contribution in [-0.4, -0.2) is 11.7 Å². The Balaban J connectivity index is 1.61. The molecule has 0 bridgehead atoms. The van der Waals surface area contributed by atoms with Crippen molar-refractivity contribution < 1.29 is 5.11 Å². The van der Waals surface area contributed by atoms with Crippen molar-refractivity contribution in [2.24, 2.45) is 0 Å². The van der Waals surface area contributed by atoms with E-state index in [1.807, 2.05) is 6.92 Å². The normalized spacial score (nSPS) is 25.0. The molecule has 0 spiro atoms. The Morgan fingerprint density at radius 3 is 2.48 bits per heavy atom. The summed E-state index contributed by atoms with van der Waals surface area (Å²) in [7, 11) is 0. The lowest BCUT2D eigenvalue weighted by Gasteiger charge is -2.47. The fourth-order valence-electron chi connectivity index (χ4n) is 5.69. The SMILES string of the molecule is CC1(O)CN2c3ccccc3C=CC2c2cc3c(cc21)-c1ccccc1C3(C)C. The molecule has 0 fully saturated rings. The van der Waals surface area contributed by atoms with E-state index >= 15 is 0 Å². The molecule has 144 valence electrons. The molecule has 3 aromatic rings. The Morgan fingerprint density at radius 2 is 1.62 bits per heavy atom. The fourth-order valence-corrected chi connectivity index (χ4v) is 5.69. The summed E-state index contributed by atoms with van der Waals surface area (Å²) in [5.41, 5.74) is 9.09. The first-order valence-corrected chi connectivity index (χ1v) is 10.4. The molecule has 0 saturated heterocycles. The Bertz CT molecular complexity index is 1200. The highest BCUT2D eigenvalue weighted by molar-refractivity contribution is 5.83. The quantitative estimate of drug-likeness (QED) is 0.534. The average Bonchev–Trinajstić information content (AvgIpc) is 2.94. The Kier molecular flexibility index (Phi) is 3.17. The maximum atomic E-state index is 11.5. The van der Waals surface area contributed by atoms with Gasteiger partial charge in [-0.2, -0.15) is 0 Å². The first kappa shape index (κ1) is 17.1. The number of hydrogen-bond donors (Lipinski definition) is 1. The number of benzene rings is 3. The number of para-hydroxylation sites is 1. The van der Waals surface area contributed by atoms with Gasteiger partial charge in [-0.3, -0.25) is 0 Å². The second-order valence-electron chi connectivity index (χ2n) is 9.42. The topological polar surface area (TPSA) is 23.5 Å². The molecule has 0 saturated carbocycles. The number of anilines is 1. The van der Waals surface area contributed by atoms with Crippen molar-refractivity contribution in [3.05, 3.63) is 94.6 Å². The maximum Gasteiger partial charge on any atom is 0.105 e. The summed E-state index contributed by atoms with van der Waals surface area (Å²) < 4.78 is 0. The number of aliphatic hydroxyl groups is 1. The molecular formula is C27H25NO. The summed E-state index contributed by atoms with van der Waals surface area (Å²) >= 11 is 0. The molecule has 0 amide bonds. The number of rotatable bonds is 0. The highest BCUT2D eigenvalue weighted by Crippen LogP contribution is 2.53. The fraction of sp³-hybridized carbons (Fsp3) is 0.259. The Morgan fingerprint density at radius 1 is 0.862 bits per heavy atom. The van der Waals surface area contributed by atoms with Gasteiger partial charge in [-0.25, -0.2) is 0 Å². The van der Waals surface area contributed by atoms with E-state index in [2.05, 4.69) is 91.6 Å². The van der Waals surface area contributed by atoms with Crippen LogP contribution in [0.1, 0.15) is 54.6 Å².